The van der Waals surface area contributed by atoms with Gasteiger partial charge < -0.3 is 15.9 Å². The fourth-order valence-corrected chi connectivity index (χ4v) is 0.994. The molecule has 5 heteroatoms. The largest absolute Gasteiger partial charge is 0.389 e. The number of aliphatic hydroxyl groups excluding tert-OH is 2. The summed E-state index contributed by atoms with van der Waals surface area (Å²) in [4.78, 5) is 0. The Morgan fingerprint density at radius 1 is 1.67 bits per heavy atom. The molecule has 1 aromatic rings. The monoisotopic (exact) mass is 171 g/mol. The molecule has 1 heterocycles. The van der Waals surface area contributed by atoms with Gasteiger partial charge in [-0.15, -0.1) is 0 Å². The Kier molecular flexibility index (Phi) is 2.80. The third-order valence-electron chi connectivity index (χ3n) is 1.79. The molecule has 0 saturated carbocycles. The summed E-state index contributed by atoms with van der Waals surface area (Å²) in [6.45, 7) is 1.81. The Morgan fingerprint density at radius 2 is 2.33 bits per heavy atom. The number of aromatic amines is 1. The van der Waals surface area contributed by atoms with Gasteiger partial charge in [0.05, 0.1) is 12.3 Å². The number of nitrogens with two attached hydrogens (primary N) is 1. The summed E-state index contributed by atoms with van der Waals surface area (Å²) in [5.74, 6) is 0. The van der Waals surface area contributed by atoms with Crippen LogP contribution in [0.5, 0.6) is 0 Å². The number of aromatic nitrogens is 2. The first-order valence-corrected chi connectivity index (χ1v) is 3.73. The van der Waals surface area contributed by atoms with E-state index in [1.165, 1.54) is 6.20 Å². The lowest BCUT2D eigenvalue weighted by Gasteiger charge is -2.14. The lowest BCUT2D eigenvalue weighted by atomic mass is 10.1. The number of nitrogens with one attached hydrogen (secondary N) is 1. The van der Waals surface area contributed by atoms with E-state index in [-0.39, 0.29) is 6.54 Å². The van der Waals surface area contributed by atoms with Crippen LogP contribution in [0.3, 0.4) is 0 Å². The highest BCUT2D eigenvalue weighted by atomic mass is 16.3. The molecule has 0 radical (unpaired) electrons. The molecule has 0 aliphatic heterocycles. The van der Waals surface area contributed by atoms with E-state index in [0.717, 1.165) is 5.69 Å². The van der Waals surface area contributed by atoms with Gasteiger partial charge in [0.25, 0.3) is 0 Å². The molecule has 1 rings (SSSR count). The van der Waals surface area contributed by atoms with Crippen LogP contribution in [-0.2, 0) is 0 Å². The third kappa shape index (κ3) is 1.63. The molecule has 0 spiro atoms. The van der Waals surface area contributed by atoms with Crippen molar-refractivity contribution in [3.8, 4) is 0 Å². The van der Waals surface area contributed by atoms with Gasteiger partial charge in [0, 0.05) is 17.8 Å². The highest BCUT2D eigenvalue weighted by Gasteiger charge is 2.19. The highest BCUT2D eigenvalue weighted by molar-refractivity contribution is 5.18. The summed E-state index contributed by atoms with van der Waals surface area (Å²) >= 11 is 0. The van der Waals surface area contributed by atoms with E-state index >= 15 is 0 Å². The van der Waals surface area contributed by atoms with Crippen LogP contribution in [0.1, 0.15) is 17.4 Å². The molecular weight excluding hydrogens is 158 g/mol. The summed E-state index contributed by atoms with van der Waals surface area (Å²) in [5, 5.41) is 25.1. The van der Waals surface area contributed by atoms with E-state index in [4.69, 9.17) is 5.73 Å². The van der Waals surface area contributed by atoms with Crippen LogP contribution in [-0.4, -0.2) is 33.1 Å². The lowest BCUT2D eigenvalue weighted by molar-refractivity contribution is 0.0240. The summed E-state index contributed by atoms with van der Waals surface area (Å²) in [6.07, 6.45) is -0.395. The Labute approximate surface area is 70.2 Å². The topological polar surface area (TPSA) is 95.2 Å². The van der Waals surface area contributed by atoms with Crippen molar-refractivity contribution < 1.29 is 10.2 Å². The Balaban J connectivity index is 2.77. The van der Waals surface area contributed by atoms with Gasteiger partial charge in [0.15, 0.2) is 0 Å². The van der Waals surface area contributed by atoms with Gasteiger partial charge in [0.1, 0.15) is 6.10 Å². The second-order valence-electron chi connectivity index (χ2n) is 2.70. The van der Waals surface area contributed by atoms with E-state index in [9.17, 15) is 10.2 Å². The molecule has 0 aliphatic rings. The van der Waals surface area contributed by atoms with Crippen molar-refractivity contribution in [2.45, 2.75) is 19.1 Å². The van der Waals surface area contributed by atoms with Crippen LogP contribution in [0.25, 0.3) is 0 Å². The lowest BCUT2D eigenvalue weighted by Crippen LogP contribution is -2.27. The van der Waals surface area contributed by atoms with Crippen molar-refractivity contribution in [2.75, 3.05) is 6.54 Å². The molecule has 68 valence electrons. The first kappa shape index (κ1) is 9.18. The minimum absolute atomic E-state index is 0.0335. The Hall–Kier alpha value is -0.910. The molecule has 12 heavy (non-hydrogen) atoms. The van der Waals surface area contributed by atoms with Gasteiger partial charge >= 0.3 is 0 Å². The zero-order chi connectivity index (χ0) is 9.14. The van der Waals surface area contributed by atoms with Crippen molar-refractivity contribution in [3.63, 3.8) is 0 Å². The van der Waals surface area contributed by atoms with E-state index in [2.05, 4.69) is 10.2 Å². The van der Waals surface area contributed by atoms with Crippen molar-refractivity contribution >= 4 is 0 Å². The van der Waals surface area contributed by atoms with E-state index in [1.807, 2.05) is 0 Å². The zero-order valence-corrected chi connectivity index (χ0v) is 6.86. The minimum Gasteiger partial charge on any atom is -0.389 e. The predicted molar refractivity (Wildman–Crippen MR) is 43.3 cm³/mol. The molecule has 0 amide bonds. The fraction of sp³-hybridized carbons (Fsp3) is 0.571. The molecule has 5 N–H and O–H groups in total. The van der Waals surface area contributed by atoms with Crippen molar-refractivity contribution in [1.29, 1.82) is 0 Å². The molecular formula is C7H13N3O2. The number of H-pyrrole nitrogens is 1. The third-order valence-corrected chi connectivity index (χ3v) is 1.79. The zero-order valence-electron chi connectivity index (χ0n) is 6.86. The fourth-order valence-electron chi connectivity index (χ4n) is 0.994. The standard InChI is InChI=1S/C7H13N3O2/c1-4-5(3-9-10-4)7(12)6(11)2-8/h3,6-7,11-12H,2,8H2,1H3,(H,9,10). The molecule has 5 nitrogen and oxygen atoms in total. The van der Waals surface area contributed by atoms with Crippen molar-refractivity contribution in [2.24, 2.45) is 5.73 Å². The quantitative estimate of drug-likeness (QED) is 0.472. The van der Waals surface area contributed by atoms with E-state index in [0.29, 0.717) is 5.56 Å². The number of rotatable bonds is 3. The number of hydrogen-bond donors (Lipinski definition) is 4. The van der Waals surface area contributed by atoms with Gasteiger partial charge in [-0.05, 0) is 6.92 Å². The van der Waals surface area contributed by atoms with Gasteiger partial charge in [-0.3, -0.25) is 5.10 Å². The second kappa shape index (κ2) is 3.66. The molecule has 0 bridgehead atoms. The maximum atomic E-state index is 9.47. The highest BCUT2D eigenvalue weighted by Crippen LogP contribution is 2.17. The van der Waals surface area contributed by atoms with E-state index in [1.54, 1.807) is 6.92 Å². The number of hydrogen-bond acceptors (Lipinski definition) is 4. The van der Waals surface area contributed by atoms with Crippen LogP contribution in [0, 0.1) is 6.92 Å². The predicted octanol–water partition coefficient (Wildman–Crippen LogP) is -0.929. The van der Waals surface area contributed by atoms with Crippen LogP contribution in [0.2, 0.25) is 0 Å². The molecule has 0 aliphatic carbocycles. The van der Waals surface area contributed by atoms with Crippen molar-refractivity contribution in [1.82, 2.24) is 10.2 Å². The summed E-state index contributed by atoms with van der Waals surface area (Å²) < 4.78 is 0. The van der Waals surface area contributed by atoms with E-state index < -0.39 is 12.2 Å². The molecule has 1 aromatic heterocycles. The first-order valence-electron chi connectivity index (χ1n) is 3.73. The number of aryl methyl sites for hydroxylation is 1. The summed E-state index contributed by atoms with van der Waals surface area (Å²) in [6, 6.07) is 0. The van der Waals surface area contributed by atoms with Crippen LogP contribution < -0.4 is 5.73 Å². The SMILES string of the molecule is Cc1[nH]ncc1C(O)C(O)CN. The normalized spacial score (nSPS) is 16.0. The molecule has 2 atom stereocenters. The van der Waals surface area contributed by atoms with Crippen molar-refractivity contribution in [3.05, 3.63) is 17.5 Å². The van der Waals surface area contributed by atoms with Crippen LogP contribution >= 0.6 is 0 Å². The van der Waals surface area contributed by atoms with Crippen LogP contribution in [0.15, 0.2) is 6.20 Å². The molecule has 0 saturated heterocycles. The second-order valence-corrected chi connectivity index (χ2v) is 2.70. The van der Waals surface area contributed by atoms with Crippen LogP contribution in [0.4, 0.5) is 0 Å². The number of nitrogens with zero attached hydrogens (tertiary/aromatic N) is 1. The van der Waals surface area contributed by atoms with Gasteiger partial charge in [-0.2, -0.15) is 5.10 Å². The Morgan fingerprint density at radius 3 is 2.75 bits per heavy atom. The molecule has 0 aromatic carbocycles. The van der Waals surface area contributed by atoms with Gasteiger partial charge in [-0.1, -0.05) is 0 Å². The maximum Gasteiger partial charge on any atom is 0.109 e. The average molecular weight is 171 g/mol. The molecule has 2 unspecified atom stereocenters. The van der Waals surface area contributed by atoms with Gasteiger partial charge in [0.2, 0.25) is 0 Å². The average Bonchev–Trinajstić information content (AvgIpc) is 2.48. The summed E-state index contributed by atoms with van der Waals surface area (Å²) in [5.41, 5.74) is 6.52. The Bertz CT molecular complexity index is 249. The smallest absolute Gasteiger partial charge is 0.109 e. The van der Waals surface area contributed by atoms with Gasteiger partial charge in [-0.25, -0.2) is 0 Å². The first-order chi connectivity index (χ1) is 5.66. The summed E-state index contributed by atoms with van der Waals surface area (Å²) in [7, 11) is 0. The minimum atomic E-state index is -0.950. The number of aliphatic hydroxyl groups is 2. The maximum absolute atomic E-state index is 9.47. The molecule has 0 fully saturated rings.